The molecule has 0 spiro atoms. The lowest BCUT2D eigenvalue weighted by atomic mass is 10.1. The number of nitrogens with zero attached hydrogens (tertiary/aromatic N) is 4. The summed E-state index contributed by atoms with van der Waals surface area (Å²) in [6.07, 6.45) is 2.45. The van der Waals surface area contributed by atoms with E-state index in [2.05, 4.69) is 22.4 Å². The summed E-state index contributed by atoms with van der Waals surface area (Å²) in [6, 6.07) is 5.61. The lowest BCUT2D eigenvalue weighted by Gasteiger charge is -2.12. The third kappa shape index (κ3) is 2.14. The number of tetrazole rings is 1. The van der Waals surface area contributed by atoms with Crippen molar-refractivity contribution in [2.75, 3.05) is 12.8 Å². The van der Waals surface area contributed by atoms with E-state index in [4.69, 9.17) is 10.5 Å². The van der Waals surface area contributed by atoms with E-state index in [0.29, 0.717) is 22.7 Å². The van der Waals surface area contributed by atoms with Crippen LogP contribution in [0.2, 0.25) is 0 Å². The summed E-state index contributed by atoms with van der Waals surface area (Å²) in [6.45, 7) is 3.07. The van der Waals surface area contributed by atoms with Crippen LogP contribution in [0, 0.1) is 5.41 Å². The Labute approximate surface area is 111 Å². The lowest BCUT2D eigenvalue weighted by Crippen LogP contribution is -2.11. The lowest BCUT2D eigenvalue weighted by molar-refractivity contribution is 0.413. The first kappa shape index (κ1) is 12.0. The van der Waals surface area contributed by atoms with E-state index in [1.807, 2.05) is 16.8 Å². The van der Waals surface area contributed by atoms with Gasteiger partial charge in [-0.25, -0.2) is 4.68 Å². The molecule has 100 valence electrons. The molecule has 6 nitrogen and oxygen atoms in total. The van der Waals surface area contributed by atoms with Gasteiger partial charge in [0.25, 0.3) is 0 Å². The maximum absolute atomic E-state index is 5.92. The summed E-state index contributed by atoms with van der Waals surface area (Å²) in [5.41, 5.74) is 7.68. The molecule has 0 atom stereocenters. The highest BCUT2D eigenvalue weighted by Crippen LogP contribution is 2.47. The Hall–Kier alpha value is -2.11. The number of benzene rings is 1. The van der Waals surface area contributed by atoms with E-state index in [0.717, 1.165) is 12.1 Å². The normalized spacial score (nSPS) is 16.3. The molecule has 2 aromatic rings. The first-order valence-corrected chi connectivity index (χ1v) is 6.32. The van der Waals surface area contributed by atoms with Crippen molar-refractivity contribution in [2.45, 2.75) is 26.3 Å². The van der Waals surface area contributed by atoms with Crippen molar-refractivity contribution < 1.29 is 4.74 Å². The van der Waals surface area contributed by atoms with Crippen molar-refractivity contribution in [1.29, 1.82) is 0 Å². The third-order valence-corrected chi connectivity index (χ3v) is 3.66. The molecule has 1 aliphatic carbocycles. The highest BCUT2D eigenvalue weighted by atomic mass is 16.5. The van der Waals surface area contributed by atoms with E-state index in [1.165, 1.54) is 12.8 Å². The molecule has 1 aliphatic rings. The van der Waals surface area contributed by atoms with E-state index in [9.17, 15) is 0 Å². The fourth-order valence-corrected chi connectivity index (χ4v) is 2.20. The van der Waals surface area contributed by atoms with Crippen molar-refractivity contribution in [1.82, 2.24) is 20.2 Å². The molecule has 1 aromatic carbocycles. The van der Waals surface area contributed by atoms with Gasteiger partial charge in [-0.2, -0.15) is 0 Å². The number of para-hydroxylation sites is 1. The van der Waals surface area contributed by atoms with Crippen LogP contribution in [0.15, 0.2) is 18.2 Å². The molecule has 1 aromatic heterocycles. The molecule has 6 heteroatoms. The van der Waals surface area contributed by atoms with Crippen molar-refractivity contribution in [3.05, 3.63) is 18.2 Å². The molecular formula is C13H17N5O. The molecule has 3 rings (SSSR count). The van der Waals surface area contributed by atoms with E-state index in [-0.39, 0.29) is 0 Å². The van der Waals surface area contributed by atoms with Crippen molar-refractivity contribution in [3.63, 3.8) is 0 Å². The summed E-state index contributed by atoms with van der Waals surface area (Å²) in [4.78, 5) is 0. The Bertz CT molecular complexity index is 603. The summed E-state index contributed by atoms with van der Waals surface area (Å²) in [7, 11) is 1.60. The van der Waals surface area contributed by atoms with Crippen molar-refractivity contribution in [2.24, 2.45) is 5.41 Å². The first-order chi connectivity index (χ1) is 9.13. The predicted molar refractivity (Wildman–Crippen MR) is 71.6 cm³/mol. The quantitative estimate of drug-likeness (QED) is 0.846. The van der Waals surface area contributed by atoms with Crippen LogP contribution < -0.4 is 10.5 Å². The number of hydrogen-bond donors (Lipinski definition) is 1. The van der Waals surface area contributed by atoms with E-state index >= 15 is 0 Å². The molecule has 1 saturated carbocycles. The Balaban J connectivity index is 2.03. The molecule has 0 radical (unpaired) electrons. The van der Waals surface area contributed by atoms with Gasteiger partial charge in [0.05, 0.1) is 24.9 Å². The number of rotatable bonds is 4. The first-order valence-electron chi connectivity index (χ1n) is 6.32. The molecule has 1 heterocycles. The van der Waals surface area contributed by atoms with Crippen LogP contribution in [0.4, 0.5) is 5.69 Å². The van der Waals surface area contributed by atoms with Crippen LogP contribution in [0.25, 0.3) is 11.4 Å². The monoisotopic (exact) mass is 259 g/mol. The number of nitrogen functional groups attached to an aromatic ring is 1. The highest BCUT2D eigenvalue weighted by molar-refractivity contribution is 5.73. The molecule has 0 saturated heterocycles. The molecule has 0 bridgehead atoms. The average Bonchev–Trinajstić information content (AvgIpc) is 2.94. The highest BCUT2D eigenvalue weighted by Gasteiger charge is 2.38. The van der Waals surface area contributed by atoms with Crippen molar-refractivity contribution >= 4 is 5.69 Å². The van der Waals surface area contributed by atoms with E-state index < -0.39 is 0 Å². The van der Waals surface area contributed by atoms with Gasteiger partial charge in [0.1, 0.15) is 0 Å². The smallest absolute Gasteiger partial charge is 0.185 e. The number of anilines is 1. The minimum absolute atomic E-state index is 0.331. The standard InChI is InChI=1S/C13H17N5O/c1-13(6-7-13)8-18-12(15-16-17-18)9-4-3-5-10(14)11(9)19-2/h3-5H,6-8,14H2,1-2H3. The fraction of sp³-hybridized carbons (Fsp3) is 0.462. The van der Waals surface area contributed by atoms with Crippen LogP contribution in [0.3, 0.4) is 0 Å². The number of hydrogen-bond acceptors (Lipinski definition) is 5. The van der Waals surface area contributed by atoms with Gasteiger partial charge in [0.15, 0.2) is 11.6 Å². The van der Waals surface area contributed by atoms with Crippen molar-refractivity contribution in [3.8, 4) is 17.1 Å². The van der Waals surface area contributed by atoms with Crippen LogP contribution >= 0.6 is 0 Å². The summed E-state index contributed by atoms with van der Waals surface area (Å²) in [5.74, 6) is 1.33. The fourth-order valence-electron chi connectivity index (χ4n) is 2.20. The molecule has 1 fully saturated rings. The largest absolute Gasteiger partial charge is 0.494 e. The second kappa shape index (κ2) is 4.22. The minimum atomic E-state index is 0.331. The van der Waals surface area contributed by atoms with Gasteiger partial charge in [0.2, 0.25) is 0 Å². The molecule has 19 heavy (non-hydrogen) atoms. The van der Waals surface area contributed by atoms with Gasteiger partial charge < -0.3 is 10.5 Å². The Morgan fingerprint density at radius 1 is 1.42 bits per heavy atom. The Morgan fingerprint density at radius 2 is 2.21 bits per heavy atom. The summed E-state index contributed by atoms with van der Waals surface area (Å²) in [5, 5.41) is 12.0. The molecule has 0 amide bonds. The van der Waals surface area contributed by atoms with Gasteiger partial charge in [-0.05, 0) is 40.8 Å². The van der Waals surface area contributed by atoms with Gasteiger partial charge in [-0.3, -0.25) is 0 Å². The maximum Gasteiger partial charge on any atom is 0.185 e. The predicted octanol–water partition coefficient (Wildman–Crippen LogP) is 1.73. The number of methoxy groups -OCH3 is 1. The van der Waals surface area contributed by atoms with Gasteiger partial charge in [-0.15, -0.1) is 5.10 Å². The minimum Gasteiger partial charge on any atom is -0.494 e. The third-order valence-electron chi connectivity index (χ3n) is 3.66. The topological polar surface area (TPSA) is 78.8 Å². The molecule has 2 N–H and O–H groups in total. The van der Waals surface area contributed by atoms with Gasteiger partial charge in [0, 0.05) is 0 Å². The zero-order valence-electron chi connectivity index (χ0n) is 11.1. The average molecular weight is 259 g/mol. The molecule has 0 unspecified atom stereocenters. The number of ether oxygens (including phenoxy) is 1. The molecular weight excluding hydrogens is 242 g/mol. The van der Waals surface area contributed by atoms with Crippen LogP contribution in [0.1, 0.15) is 19.8 Å². The second-order valence-electron chi connectivity index (χ2n) is 5.40. The van der Waals surface area contributed by atoms with Crippen LogP contribution in [-0.4, -0.2) is 27.3 Å². The van der Waals surface area contributed by atoms with Crippen LogP contribution in [0.5, 0.6) is 5.75 Å². The summed E-state index contributed by atoms with van der Waals surface area (Å²) < 4.78 is 7.20. The van der Waals surface area contributed by atoms with Crippen LogP contribution in [-0.2, 0) is 6.54 Å². The zero-order chi connectivity index (χ0) is 13.5. The summed E-state index contributed by atoms with van der Waals surface area (Å²) >= 11 is 0. The zero-order valence-corrected chi connectivity index (χ0v) is 11.1. The second-order valence-corrected chi connectivity index (χ2v) is 5.40. The maximum atomic E-state index is 5.92. The Morgan fingerprint density at radius 3 is 2.89 bits per heavy atom. The van der Waals surface area contributed by atoms with Gasteiger partial charge >= 0.3 is 0 Å². The van der Waals surface area contributed by atoms with Gasteiger partial charge in [-0.1, -0.05) is 13.0 Å². The Kier molecular flexibility index (Phi) is 2.66. The van der Waals surface area contributed by atoms with E-state index in [1.54, 1.807) is 13.2 Å². The molecule has 0 aliphatic heterocycles. The SMILES string of the molecule is COc1c(N)cccc1-c1nnnn1CC1(C)CC1. The number of aromatic nitrogens is 4. The number of nitrogens with two attached hydrogens (primary N) is 1.